The Labute approximate surface area is 120 Å². The zero-order valence-corrected chi connectivity index (χ0v) is 12.0. The van der Waals surface area contributed by atoms with Gasteiger partial charge in [-0.1, -0.05) is 18.2 Å². The van der Waals surface area contributed by atoms with Crippen LogP contribution in [0.5, 0.6) is 0 Å². The second-order valence-corrected chi connectivity index (χ2v) is 5.73. The molecule has 0 saturated carbocycles. The average Bonchev–Trinajstić information content (AvgIpc) is 2.48. The molecule has 1 aromatic carbocycles. The molecule has 3 N–H and O–H groups in total. The molecule has 0 bridgehead atoms. The molecular formula is C16H22N4. The summed E-state index contributed by atoms with van der Waals surface area (Å²) in [4.78, 5) is 6.77. The molecule has 2 aromatic rings. The summed E-state index contributed by atoms with van der Waals surface area (Å²) in [6, 6.07) is 8.14. The minimum atomic E-state index is 0.733. The van der Waals surface area contributed by atoms with Crippen molar-refractivity contribution in [3.8, 4) is 0 Å². The smallest absolute Gasteiger partial charge is 0.0743 e. The number of hydrogen-bond acceptors (Lipinski definition) is 4. The van der Waals surface area contributed by atoms with Gasteiger partial charge in [0.1, 0.15) is 0 Å². The number of rotatable bonds is 3. The maximum atomic E-state index is 6.09. The summed E-state index contributed by atoms with van der Waals surface area (Å²) in [6.07, 6.45) is 4.26. The van der Waals surface area contributed by atoms with Gasteiger partial charge in [0.15, 0.2) is 0 Å². The van der Waals surface area contributed by atoms with E-state index in [1.54, 1.807) is 6.20 Å². The van der Waals surface area contributed by atoms with Crippen molar-refractivity contribution in [2.24, 2.45) is 5.92 Å². The number of nitrogens with one attached hydrogen (secondary N) is 1. The largest absolute Gasteiger partial charge is 0.396 e. The quantitative estimate of drug-likeness (QED) is 0.900. The molecule has 1 aliphatic rings. The first-order valence-corrected chi connectivity index (χ1v) is 7.29. The van der Waals surface area contributed by atoms with Gasteiger partial charge in [0.25, 0.3) is 0 Å². The number of aromatic nitrogens is 1. The summed E-state index contributed by atoms with van der Waals surface area (Å²) in [5.41, 5.74) is 8.85. The molecule has 0 amide bonds. The summed E-state index contributed by atoms with van der Waals surface area (Å²) in [5, 5.41) is 4.67. The van der Waals surface area contributed by atoms with Crippen molar-refractivity contribution in [3.63, 3.8) is 0 Å². The third kappa shape index (κ3) is 2.70. The van der Waals surface area contributed by atoms with Crippen LogP contribution in [0.25, 0.3) is 10.9 Å². The number of fused-ring (bicyclic) bond motifs is 1. The molecule has 4 heteroatoms. The number of para-hydroxylation sites is 1. The highest BCUT2D eigenvalue weighted by atomic mass is 15.1. The van der Waals surface area contributed by atoms with E-state index in [-0.39, 0.29) is 0 Å². The summed E-state index contributed by atoms with van der Waals surface area (Å²) in [5.74, 6) is 0.734. The fraction of sp³-hybridized carbons (Fsp3) is 0.438. The van der Waals surface area contributed by atoms with Crippen LogP contribution in [0.1, 0.15) is 12.8 Å². The number of nitrogens with two attached hydrogens (primary N) is 1. The van der Waals surface area contributed by atoms with Crippen molar-refractivity contribution in [1.29, 1.82) is 0 Å². The van der Waals surface area contributed by atoms with Gasteiger partial charge in [-0.25, -0.2) is 0 Å². The van der Waals surface area contributed by atoms with Gasteiger partial charge in [0.05, 0.1) is 23.1 Å². The monoisotopic (exact) mass is 270 g/mol. The van der Waals surface area contributed by atoms with Gasteiger partial charge >= 0.3 is 0 Å². The van der Waals surface area contributed by atoms with E-state index in [9.17, 15) is 0 Å². The van der Waals surface area contributed by atoms with E-state index in [1.165, 1.54) is 25.9 Å². The van der Waals surface area contributed by atoms with Crippen LogP contribution >= 0.6 is 0 Å². The van der Waals surface area contributed by atoms with Crippen LogP contribution in [0.15, 0.2) is 30.5 Å². The van der Waals surface area contributed by atoms with Gasteiger partial charge in [-0.3, -0.25) is 4.98 Å². The molecule has 3 rings (SSSR count). The molecule has 2 heterocycles. The first-order chi connectivity index (χ1) is 9.74. The van der Waals surface area contributed by atoms with E-state index in [2.05, 4.69) is 28.3 Å². The first kappa shape index (κ1) is 13.2. The SMILES string of the molecule is CN1CCC(CNc2c(N)cnc3ccccc23)CC1. The third-order valence-electron chi connectivity index (χ3n) is 4.21. The lowest BCUT2D eigenvalue weighted by Gasteiger charge is -2.29. The number of hydrogen-bond donors (Lipinski definition) is 2. The Hall–Kier alpha value is -1.81. The predicted molar refractivity (Wildman–Crippen MR) is 84.9 cm³/mol. The summed E-state index contributed by atoms with van der Waals surface area (Å²) in [6.45, 7) is 3.38. The van der Waals surface area contributed by atoms with Gasteiger partial charge in [-0.05, 0) is 45.0 Å². The molecule has 0 atom stereocenters. The van der Waals surface area contributed by atoms with Gasteiger partial charge < -0.3 is 16.0 Å². The molecule has 106 valence electrons. The zero-order valence-electron chi connectivity index (χ0n) is 12.0. The van der Waals surface area contributed by atoms with Crippen LogP contribution < -0.4 is 11.1 Å². The highest BCUT2D eigenvalue weighted by Crippen LogP contribution is 2.28. The van der Waals surface area contributed by atoms with E-state index in [4.69, 9.17) is 5.73 Å². The van der Waals surface area contributed by atoms with Crippen molar-refractivity contribution >= 4 is 22.3 Å². The topological polar surface area (TPSA) is 54.2 Å². The van der Waals surface area contributed by atoms with Gasteiger partial charge in [-0.15, -0.1) is 0 Å². The van der Waals surface area contributed by atoms with E-state index in [0.29, 0.717) is 0 Å². The molecular weight excluding hydrogens is 248 g/mol. The van der Waals surface area contributed by atoms with Crippen molar-refractivity contribution in [1.82, 2.24) is 9.88 Å². The molecule has 0 radical (unpaired) electrons. The zero-order chi connectivity index (χ0) is 13.9. The minimum Gasteiger partial charge on any atom is -0.396 e. The lowest BCUT2D eigenvalue weighted by molar-refractivity contribution is 0.226. The van der Waals surface area contributed by atoms with E-state index in [0.717, 1.165) is 34.7 Å². The van der Waals surface area contributed by atoms with E-state index < -0.39 is 0 Å². The molecule has 1 aromatic heterocycles. The van der Waals surface area contributed by atoms with Crippen LogP contribution in [0.4, 0.5) is 11.4 Å². The van der Waals surface area contributed by atoms with E-state index in [1.807, 2.05) is 18.2 Å². The van der Waals surface area contributed by atoms with E-state index >= 15 is 0 Å². The van der Waals surface area contributed by atoms with Crippen molar-refractivity contribution in [2.45, 2.75) is 12.8 Å². The Morgan fingerprint density at radius 3 is 2.85 bits per heavy atom. The van der Waals surface area contributed by atoms with Crippen molar-refractivity contribution < 1.29 is 0 Å². The normalized spacial score (nSPS) is 17.4. The number of pyridine rings is 1. The number of nitrogens with zero attached hydrogens (tertiary/aromatic N) is 2. The first-order valence-electron chi connectivity index (χ1n) is 7.29. The molecule has 0 aliphatic carbocycles. The van der Waals surface area contributed by atoms with Crippen molar-refractivity contribution in [3.05, 3.63) is 30.5 Å². The summed E-state index contributed by atoms with van der Waals surface area (Å²) >= 11 is 0. The number of anilines is 2. The Balaban J connectivity index is 1.75. The number of benzene rings is 1. The highest BCUT2D eigenvalue weighted by Gasteiger charge is 2.17. The van der Waals surface area contributed by atoms with Gasteiger partial charge in [-0.2, -0.15) is 0 Å². The summed E-state index contributed by atoms with van der Waals surface area (Å²) < 4.78 is 0. The average molecular weight is 270 g/mol. The van der Waals surface area contributed by atoms with Crippen LogP contribution in [-0.2, 0) is 0 Å². The number of nitrogen functional groups attached to an aromatic ring is 1. The predicted octanol–water partition coefficient (Wildman–Crippen LogP) is 2.57. The lowest BCUT2D eigenvalue weighted by atomic mass is 9.97. The Morgan fingerprint density at radius 2 is 2.05 bits per heavy atom. The lowest BCUT2D eigenvalue weighted by Crippen LogP contribution is -2.33. The molecule has 20 heavy (non-hydrogen) atoms. The van der Waals surface area contributed by atoms with Crippen LogP contribution in [-0.4, -0.2) is 36.6 Å². The maximum absolute atomic E-state index is 6.09. The molecule has 1 fully saturated rings. The molecule has 1 aliphatic heterocycles. The van der Waals surface area contributed by atoms with Crippen LogP contribution in [0.3, 0.4) is 0 Å². The second-order valence-electron chi connectivity index (χ2n) is 5.73. The number of likely N-dealkylation sites (tertiary alicyclic amines) is 1. The van der Waals surface area contributed by atoms with Crippen LogP contribution in [0.2, 0.25) is 0 Å². The maximum Gasteiger partial charge on any atom is 0.0743 e. The third-order valence-corrected chi connectivity index (χ3v) is 4.21. The van der Waals surface area contributed by atoms with Gasteiger partial charge in [0, 0.05) is 11.9 Å². The number of piperidine rings is 1. The van der Waals surface area contributed by atoms with Crippen molar-refractivity contribution in [2.75, 3.05) is 37.7 Å². The fourth-order valence-electron chi connectivity index (χ4n) is 2.87. The molecule has 4 nitrogen and oxygen atoms in total. The van der Waals surface area contributed by atoms with Crippen LogP contribution in [0, 0.1) is 5.92 Å². The molecule has 0 unspecified atom stereocenters. The Kier molecular flexibility index (Phi) is 3.74. The standard InChI is InChI=1S/C16H22N4/c1-20-8-6-12(7-9-20)10-19-16-13-4-2-3-5-15(13)18-11-14(16)17/h2-5,11-12H,6-10,17H2,1H3,(H,18,19). The van der Waals surface area contributed by atoms with Gasteiger partial charge in [0.2, 0.25) is 0 Å². The minimum absolute atomic E-state index is 0.733. The Morgan fingerprint density at radius 1 is 1.30 bits per heavy atom. The fourth-order valence-corrected chi connectivity index (χ4v) is 2.87. The molecule has 0 spiro atoms. The second kappa shape index (κ2) is 5.67. The highest BCUT2D eigenvalue weighted by molar-refractivity contribution is 5.96. The summed E-state index contributed by atoms with van der Waals surface area (Å²) in [7, 11) is 2.19. The Bertz CT molecular complexity index is 588. The molecule has 1 saturated heterocycles.